The maximum atomic E-state index is 5.29. The van der Waals surface area contributed by atoms with Gasteiger partial charge in [0.2, 0.25) is 0 Å². The maximum Gasteiger partial charge on any atom is 0.174 e. The van der Waals surface area contributed by atoms with Gasteiger partial charge >= 0.3 is 0 Å². The predicted molar refractivity (Wildman–Crippen MR) is 54.5 cm³/mol. The summed E-state index contributed by atoms with van der Waals surface area (Å²) in [7, 11) is 0. The van der Waals surface area contributed by atoms with Crippen LogP contribution in [0.4, 0.5) is 0 Å². The van der Waals surface area contributed by atoms with E-state index in [4.69, 9.17) is 4.74 Å². The first-order chi connectivity index (χ1) is 6.84. The van der Waals surface area contributed by atoms with Crippen LogP contribution in [0.25, 0.3) is 0 Å². The Balaban J connectivity index is 1.80. The summed E-state index contributed by atoms with van der Waals surface area (Å²) in [6.07, 6.45) is 2.55. The smallest absolute Gasteiger partial charge is 0.174 e. The van der Waals surface area contributed by atoms with E-state index in [0.29, 0.717) is 12.1 Å². The Morgan fingerprint density at radius 3 is 2.79 bits per heavy atom. The number of benzene rings is 1. The lowest BCUT2D eigenvalue weighted by Crippen LogP contribution is -2.22. The standard InChI is InChI=1S/C12H13NO/c1-9(10-5-3-2-4-6-10)13-7-11-12(8-13)14-11/h2-7,9,12H,8H2,1H3/t9-,12?/m0/s1. The van der Waals surface area contributed by atoms with E-state index in [1.54, 1.807) is 0 Å². The van der Waals surface area contributed by atoms with Crippen molar-refractivity contribution in [3.63, 3.8) is 0 Å². The molecule has 1 saturated heterocycles. The summed E-state index contributed by atoms with van der Waals surface area (Å²) in [6.45, 7) is 3.25. The van der Waals surface area contributed by atoms with E-state index in [0.717, 1.165) is 12.3 Å². The van der Waals surface area contributed by atoms with E-state index in [1.165, 1.54) is 5.56 Å². The molecule has 3 rings (SSSR count). The van der Waals surface area contributed by atoms with Gasteiger partial charge < -0.3 is 9.64 Å². The topological polar surface area (TPSA) is 15.8 Å². The molecule has 2 nitrogen and oxygen atoms in total. The lowest BCUT2D eigenvalue weighted by molar-refractivity contribution is 0.250. The highest BCUT2D eigenvalue weighted by atomic mass is 16.6. The van der Waals surface area contributed by atoms with Crippen LogP contribution >= 0.6 is 0 Å². The summed E-state index contributed by atoms with van der Waals surface area (Å²) in [5, 5.41) is 0. The molecule has 0 bridgehead atoms. The second-order valence-electron chi connectivity index (χ2n) is 3.92. The molecule has 1 fully saturated rings. The van der Waals surface area contributed by atoms with Gasteiger partial charge in [0.25, 0.3) is 0 Å². The summed E-state index contributed by atoms with van der Waals surface area (Å²) < 4.78 is 5.29. The van der Waals surface area contributed by atoms with Crippen molar-refractivity contribution in [2.45, 2.75) is 19.1 Å². The molecule has 2 aliphatic heterocycles. The van der Waals surface area contributed by atoms with Gasteiger partial charge in [0, 0.05) is 6.20 Å². The monoisotopic (exact) mass is 187 g/mol. The van der Waals surface area contributed by atoms with Crippen molar-refractivity contribution in [1.82, 2.24) is 4.90 Å². The van der Waals surface area contributed by atoms with Gasteiger partial charge in [-0.1, -0.05) is 30.3 Å². The zero-order chi connectivity index (χ0) is 9.54. The third kappa shape index (κ3) is 1.18. The van der Waals surface area contributed by atoms with Crippen molar-refractivity contribution < 1.29 is 4.74 Å². The SMILES string of the molecule is C[C@@H](c1ccccc1)N1C=C2OC2C1. The van der Waals surface area contributed by atoms with Crippen molar-refractivity contribution in [2.24, 2.45) is 0 Å². The van der Waals surface area contributed by atoms with Crippen molar-refractivity contribution in [3.8, 4) is 0 Å². The molecule has 2 heteroatoms. The molecular formula is C12H13NO. The normalized spacial score (nSPS) is 25.1. The minimum Gasteiger partial charge on any atom is -0.479 e. The zero-order valence-electron chi connectivity index (χ0n) is 8.18. The van der Waals surface area contributed by atoms with Crippen molar-refractivity contribution >= 4 is 0 Å². The molecule has 14 heavy (non-hydrogen) atoms. The van der Waals surface area contributed by atoms with Crippen LogP contribution in [-0.4, -0.2) is 17.5 Å². The number of hydrogen-bond donors (Lipinski definition) is 0. The van der Waals surface area contributed by atoms with Crippen LogP contribution in [0.1, 0.15) is 18.5 Å². The molecule has 0 aromatic heterocycles. The molecule has 1 aromatic carbocycles. The molecule has 0 saturated carbocycles. The fraction of sp³-hybridized carbons (Fsp3) is 0.333. The molecule has 0 amide bonds. The maximum absolute atomic E-state index is 5.29. The summed E-state index contributed by atoms with van der Waals surface area (Å²) >= 11 is 0. The quantitative estimate of drug-likeness (QED) is 0.660. The molecule has 1 aromatic rings. The van der Waals surface area contributed by atoms with Gasteiger partial charge in [-0.05, 0) is 12.5 Å². The zero-order valence-corrected chi connectivity index (χ0v) is 8.18. The molecule has 0 radical (unpaired) electrons. The van der Waals surface area contributed by atoms with E-state index in [1.807, 2.05) is 0 Å². The molecule has 0 N–H and O–H groups in total. The number of epoxide rings is 1. The van der Waals surface area contributed by atoms with Gasteiger partial charge in [0.1, 0.15) is 0 Å². The van der Waals surface area contributed by atoms with Gasteiger partial charge in [0.05, 0.1) is 12.6 Å². The predicted octanol–water partition coefficient (Wildman–Crippen LogP) is 2.30. The third-order valence-electron chi connectivity index (χ3n) is 2.99. The number of hydrogen-bond acceptors (Lipinski definition) is 2. The first-order valence-electron chi connectivity index (χ1n) is 5.03. The molecule has 2 aliphatic rings. The minimum absolute atomic E-state index is 0.404. The van der Waals surface area contributed by atoms with E-state index in [2.05, 4.69) is 48.4 Å². The van der Waals surface area contributed by atoms with Gasteiger partial charge in [-0.3, -0.25) is 0 Å². The largest absolute Gasteiger partial charge is 0.479 e. The number of nitrogens with zero attached hydrogens (tertiary/aromatic N) is 1. The lowest BCUT2D eigenvalue weighted by atomic mass is 10.1. The minimum atomic E-state index is 0.404. The second kappa shape index (κ2) is 2.77. The Bertz CT molecular complexity index is 371. The third-order valence-corrected chi connectivity index (χ3v) is 2.99. The average molecular weight is 187 g/mol. The Hall–Kier alpha value is -1.44. The van der Waals surface area contributed by atoms with Crippen LogP contribution < -0.4 is 0 Å². The van der Waals surface area contributed by atoms with Crippen molar-refractivity contribution in [1.29, 1.82) is 0 Å². The van der Waals surface area contributed by atoms with Crippen LogP contribution in [0.15, 0.2) is 42.3 Å². The molecule has 0 aliphatic carbocycles. The van der Waals surface area contributed by atoms with E-state index in [-0.39, 0.29) is 0 Å². The molecular weight excluding hydrogens is 174 g/mol. The highest BCUT2D eigenvalue weighted by Gasteiger charge is 2.41. The highest BCUT2D eigenvalue weighted by molar-refractivity contribution is 5.25. The molecule has 1 unspecified atom stereocenters. The first kappa shape index (κ1) is 7.92. The van der Waals surface area contributed by atoms with Crippen LogP contribution in [0.2, 0.25) is 0 Å². The Morgan fingerprint density at radius 2 is 2.14 bits per heavy atom. The summed E-state index contributed by atoms with van der Waals surface area (Å²) in [4.78, 5) is 2.35. The number of rotatable bonds is 2. The lowest BCUT2D eigenvalue weighted by Gasteiger charge is -2.25. The van der Waals surface area contributed by atoms with E-state index in [9.17, 15) is 0 Å². The molecule has 0 spiro atoms. The summed E-state index contributed by atoms with van der Waals surface area (Å²) in [5.41, 5.74) is 1.37. The Labute approximate surface area is 83.8 Å². The molecule has 72 valence electrons. The molecule has 2 atom stereocenters. The van der Waals surface area contributed by atoms with Crippen LogP contribution in [-0.2, 0) is 4.74 Å². The summed E-state index contributed by atoms with van der Waals surface area (Å²) in [5.74, 6) is 1.16. The van der Waals surface area contributed by atoms with E-state index >= 15 is 0 Å². The fourth-order valence-electron chi connectivity index (χ4n) is 1.97. The first-order valence-corrected chi connectivity index (χ1v) is 5.03. The van der Waals surface area contributed by atoms with Gasteiger partial charge in [-0.25, -0.2) is 0 Å². The second-order valence-corrected chi connectivity index (χ2v) is 3.92. The van der Waals surface area contributed by atoms with Crippen molar-refractivity contribution in [2.75, 3.05) is 6.54 Å². The Kier molecular flexibility index (Phi) is 1.57. The summed E-state index contributed by atoms with van der Waals surface area (Å²) in [6, 6.07) is 11.0. The van der Waals surface area contributed by atoms with Crippen LogP contribution in [0.3, 0.4) is 0 Å². The number of ether oxygens (including phenoxy) is 1. The highest BCUT2D eigenvalue weighted by Crippen LogP contribution is 2.37. The van der Waals surface area contributed by atoms with Crippen LogP contribution in [0.5, 0.6) is 0 Å². The van der Waals surface area contributed by atoms with Crippen LogP contribution in [0, 0.1) is 0 Å². The Morgan fingerprint density at radius 1 is 1.36 bits per heavy atom. The number of fused-ring (bicyclic) bond motifs is 1. The van der Waals surface area contributed by atoms with Crippen molar-refractivity contribution in [3.05, 3.63) is 47.9 Å². The van der Waals surface area contributed by atoms with Gasteiger partial charge in [-0.15, -0.1) is 0 Å². The average Bonchev–Trinajstić information content (AvgIpc) is 2.86. The molecule has 2 heterocycles. The van der Waals surface area contributed by atoms with E-state index < -0.39 is 0 Å². The fourth-order valence-corrected chi connectivity index (χ4v) is 1.97. The van der Waals surface area contributed by atoms with Gasteiger partial charge in [-0.2, -0.15) is 0 Å². The van der Waals surface area contributed by atoms with Gasteiger partial charge in [0.15, 0.2) is 11.9 Å².